The maximum Gasteiger partial charge on any atom is 0.233 e. The normalized spacial score (nSPS) is 30.5. The molecule has 1 amide bonds. The Bertz CT molecular complexity index is 594. The van der Waals surface area contributed by atoms with Crippen molar-refractivity contribution in [2.45, 2.75) is 30.4 Å². The van der Waals surface area contributed by atoms with E-state index in [0.717, 1.165) is 44.6 Å². The summed E-state index contributed by atoms with van der Waals surface area (Å²) in [4.78, 5) is 19.7. The van der Waals surface area contributed by atoms with E-state index in [1.54, 1.807) is 0 Å². The second-order valence-electron chi connectivity index (χ2n) is 7.63. The van der Waals surface area contributed by atoms with Crippen molar-refractivity contribution in [2.75, 3.05) is 46.3 Å². The number of hydrogen-bond donors (Lipinski definition) is 1. The summed E-state index contributed by atoms with van der Waals surface area (Å²) >= 11 is 0. The first-order chi connectivity index (χ1) is 11.6. The van der Waals surface area contributed by atoms with Gasteiger partial charge >= 0.3 is 0 Å². The SMILES string of the molecule is CN1CCN([C@H]2CN(C(=O)C3(c4ccccc4)CC3)C[C@@H]2O)CC1. The summed E-state index contributed by atoms with van der Waals surface area (Å²) in [5.41, 5.74) is 0.811. The molecule has 24 heavy (non-hydrogen) atoms. The van der Waals surface area contributed by atoms with E-state index >= 15 is 0 Å². The number of aliphatic hydroxyl groups excluding tert-OH is 1. The Morgan fingerprint density at radius 3 is 2.38 bits per heavy atom. The fourth-order valence-electron chi connectivity index (χ4n) is 4.26. The quantitative estimate of drug-likeness (QED) is 0.879. The van der Waals surface area contributed by atoms with Crippen LogP contribution >= 0.6 is 0 Å². The molecule has 3 aliphatic rings. The molecular formula is C19H27N3O2. The Hall–Kier alpha value is -1.43. The van der Waals surface area contributed by atoms with Crippen LogP contribution in [0.3, 0.4) is 0 Å². The largest absolute Gasteiger partial charge is 0.390 e. The van der Waals surface area contributed by atoms with Gasteiger partial charge < -0.3 is 14.9 Å². The lowest BCUT2D eigenvalue weighted by atomic mass is 9.94. The minimum absolute atomic E-state index is 0.0919. The highest BCUT2D eigenvalue weighted by Crippen LogP contribution is 2.50. The van der Waals surface area contributed by atoms with Crippen molar-refractivity contribution in [1.29, 1.82) is 0 Å². The van der Waals surface area contributed by atoms with Gasteiger partial charge in [-0.3, -0.25) is 9.69 Å². The van der Waals surface area contributed by atoms with Gasteiger partial charge in [-0.05, 0) is 25.5 Å². The van der Waals surface area contributed by atoms with E-state index in [9.17, 15) is 9.90 Å². The third-order valence-electron chi connectivity index (χ3n) is 6.04. The molecule has 3 fully saturated rings. The van der Waals surface area contributed by atoms with Gasteiger partial charge in [-0.1, -0.05) is 30.3 Å². The van der Waals surface area contributed by atoms with Crippen molar-refractivity contribution in [3.05, 3.63) is 35.9 Å². The molecule has 1 N–H and O–H groups in total. The summed E-state index contributed by atoms with van der Waals surface area (Å²) in [6.07, 6.45) is 1.44. The van der Waals surface area contributed by atoms with Gasteiger partial charge in [-0.15, -0.1) is 0 Å². The van der Waals surface area contributed by atoms with Crippen LogP contribution in [-0.2, 0) is 10.2 Å². The number of likely N-dealkylation sites (N-methyl/N-ethyl adjacent to an activating group) is 1. The van der Waals surface area contributed by atoms with Crippen LogP contribution in [-0.4, -0.2) is 84.2 Å². The van der Waals surface area contributed by atoms with Gasteiger partial charge in [-0.25, -0.2) is 0 Å². The molecular weight excluding hydrogens is 302 g/mol. The first kappa shape index (κ1) is 16.1. The molecule has 130 valence electrons. The second-order valence-corrected chi connectivity index (χ2v) is 7.63. The number of carbonyl (C=O) groups is 1. The lowest BCUT2D eigenvalue weighted by Crippen LogP contribution is -2.52. The summed E-state index contributed by atoms with van der Waals surface area (Å²) in [5, 5.41) is 10.5. The molecule has 1 aromatic carbocycles. The van der Waals surface area contributed by atoms with Gasteiger partial charge in [0.15, 0.2) is 0 Å². The molecule has 2 atom stereocenters. The van der Waals surface area contributed by atoms with Crippen LogP contribution in [0.1, 0.15) is 18.4 Å². The lowest BCUT2D eigenvalue weighted by Gasteiger charge is -2.37. The molecule has 5 heteroatoms. The molecule has 0 bridgehead atoms. The Morgan fingerprint density at radius 2 is 1.75 bits per heavy atom. The lowest BCUT2D eigenvalue weighted by molar-refractivity contribution is -0.133. The maximum absolute atomic E-state index is 13.1. The van der Waals surface area contributed by atoms with Crippen LogP contribution < -0.4 is 0 Å². The highest BCUT2D eigenvalue weighted by atomic mass is 16.3. The molecule has 1 aliphatic carbocycles. The monoisotopic (exact) mass is 329 g/mol. The number of hydrogen-bond acceptors (Lipinski definition) is 4. The van der Waals surface area contributed by atoms with Crippen LogP contribution in [0.5, 0.6) is 0 Å². The second kappa shape index (κ2) is 6.14. The Balaban J connectivity index is 1.45. The summed E-state index contributed by atoms with van der Waals surface area (Å²) < 4.78 is 0. The van der Waals surface area contributed by atoms with Crippen molar-refractivity contribution in [3.8, 4) is 0 Å². The molecule has 2 aliphatic heterocycles. The summed E-state index contributed by atoms with van der Waals surface area (Å²) in [6, 6.07) is 10.2. The van der Waals surface area contributed by atoms with E-state index in [-0.39, 0.29) is 17.4 Å². The topological polar surface area (TPSA) is 47.0 Å². The number of β-amino-alcohol motifs (C(OH)–C–C–N with tert-alkyl or cyclic N) is 1. The minimum atomic E-state index is -0.427. The number of carbonyl (C=O) groups excluding carboxylic acids is 1. The van der Waals surface area contributed by atoms with Gasteiger partial charge in [0, 0.05) is 39.3 Å². The highest BCUT2D eigenvalue weighted by molar-refractivity contribution is 5.91. The van der Waals surface area contributed by atoms with E-state index in [0.29, 0.717) is 13.1 Å². The van der Waals surface area contributed by atoms with Crippen molar-refractivity contribution in [1.82, 2.24) is 14.7 Å². The molecule has 2 heterocycles. The van der Waals surface area contributed by atoms with Gasteiger partial charge in [0.1, 0.15) is 0 Å². The van der Waals surface area contributed by atoms with Crippen LogP contribution in [0.2, 0.25) is 0 Å². The van der Waals surface area contributed by atoms with E-state index in [4.69, 9.17) is 0 Å². The van der Waals surface area contributed by atoms with Crippen molar-refractivity contribution >= 4 is 5.91 Å². The number of benzene rings is 1. The summed E-state index contributed by atoms with van der Waals surface area (Å²) in [6.45, 7) is 5.16. The zero-order chi connectivity index (χ0) is 16.7. The third-order valence-corrected chi connectivity index (χ3v) is 6.04. The standard InChI is InChI=1S/C19H27N3O2/c1-20-9-11-21(12-10-20)16-13-22(14-17(16)23)18(24)19(7-8-19)15-5-3-2-4-6-15/h2-6,16-17,23H,7-14H2,1H3/t16-,17-/m0/s1. The molecule has 0 spiro atoms. The molecule has 0 aromatic heterocycles. The third kappa shape index (κ3) is 2.75. The first-order valence-electron chi connectivity index (χ1n) is 9.06. The highest BCUT2D eigenvalue weighted by Gasteiger charge is 2.54. The molecule has 1 saturated carbocycles. The van der Waals surface area contributed by atoms with Crippen molar-refractivity contribution in [2.24, 2.45) is 0 Å². The predicted molar refractivity (Wildman–Crippen MR) is 92.8 cm³/mol. The van der Waals surface area contributed by atoms with Crippen molar-refractivity contribution in [3.63, 3.8) is 0 Å². The van der Waals surface area contributed by atoms with Crippen LogP contribution in [0, 0.1) is 0 Å². The van der Waals surface area contributed by atoms with Gasteiger partial charge in [0.2, 0.25) is 5.91 Å². The maximum atomic E-state index is 13.1. The van der Waals surface area contributed by atoms with Gasteiger partial charge in [0.25, 0.3) is 0 Å². The molecule has 5 nitrogen and oxygen atoms in total. The number of amides is 1. The number of likely N-dealkylation sites (tertiary alicyclic amines) is 1. The number of rotatable bonds is 3. The molecule has 1 aromatic rings. The van der Waals surface area contributed by atoms with Gasteiger partial charge in [-0.2, -0.15) is 0 Å². The Morgan fingerprint density at radius 1 is 1.08 bits per heavy atom. The summed E-state index contributed by atoms with van der Waals surface area (Å²) in [7, 11) is 2.13. The van der Waals surface area contributed by atoms with Gasteiger partial charge in [0.05, 0.1) is 17.6 Å². The number of nitrogens with zero attached hydrogens (tertiary/aromatic N) is 3. The number of aliphatic hydroxyl groups is 1. The first-order valence-corrected chi connectivity index (χ1v) is 9.06. The minimum Gasteiger partial charge on any atom is -0.390 e. The van der Waals surface area contributed by atoms with E-state index < -0.39 is 6.10 Å². The average molecular weight is 329 g/mol. The van der Waals surface area contributed by atoms with Crippen LogP contribution in [0.25, 0.3) is 0 Å². The Kier molecular flexibility index (Phi) is 4.11. The van der Waals surface area contributed by atoms with Crippen molar-refractivity contribution < 1.29 is 9.90 Å². The van der Waals surface area contributed by atoms with Crippen LogP contribution in [0.4, 0.5) is 0 Å². The molecule has 2 saturated heterocycles. The molecule has 0 unspecified atom stereocenters. The molecule has 4 rings (SSSR count). The zero-order valence-corrected chi connectivity index (χ0v) is 14.4. The molecule has 0 radical (unpaired) electrons. The Labute approximate surface area is 143 Å². The van der Waals surface area contributed by atoms with Crippen LogP contribution in [0.15, 0.2) is 30.3 Å². The van der Waals surface area contributed by atoms with E-state index in [1.165, 1.54) is 0 Å². The summed E-state index contributed by atoms with van der Waals surface area (Å²) in [5.74, 6) is 0.212. The number of piperazine rings is 1. The smallest absolute Gasteiger partial charge is 0.233 e. The average Bonchev–Trinajstić information content (AvgIpc) is 3.33. The fraction of sp³-hybridized carbons (Fsp3) is 0.632. The predicted octanol–water partition coefficient (Wildman–Crippen LogP) is 0.537. The van der Waals surface area contributed by atoms with E-state index in [2.05, 4.69) is 29.0 Å². The zero-order valence-electron chi connectivity index (χ0n) is 14.4. The fourth-order valence-corrected chi connectivity index (χ4v) is 4.26. The van der Waals surface area contributed by atoms with E-state index in [1.807, 2.05) is 23.1 Å².